The van der Waals surface area contributed by atoms with Gasteiger partial charge in [-0.1, -0.05) is 48.5 Å². The monoisotopic (exact) mass is 280 g/mol. The summed E-state index contributed by atoms with van der Waals surface area (Å²) in [5.41, 5.74) is 3.04. The predicted molar refractivity (Wildman–Crippen MR) is 89.9 cm³/mol. The molecule has 0 saturated carbocycles. The molecule has 0 spiro atoms. The number of rotatable bonds is 4. The van der Waals surface area contributed by atoms with Gasteiger partial charge < -0.3 is 10.2 Å². The van der Waals surface area contributed by atoms with Crippen molar-refractivity contribution < 1.29 is 0 Å². The van der Waals surface area contributed by atoms with Crippen LogP contribution in [0.2, 0.25) is 0 Å². The number of anilines is 1. The van der Waals surface area contributed by atoms with E-state index >= 15 is 0 Å². The lowest BCUT2D eigenvalue weighted by atomic mass is 9.72. The SMILES string of the molecule is CN(CC1(c2ccccc2)CCNCC1)c1ccccc1. The molecular weight excluding hydrogens is 256 g/mol. The van der Waals surface area contributed by atoms with E-state index in [1.165, 1.54) is 24.1 Å². The van der Waals surface area contributed by atoms with Crippen LogP contribution in [0.5, 0.6) is 0 Å². The Bertz CT molecular complexity index is 544. The van der Waals surface area contributed by atoms with Crippen LogP contribution in [-0.2, 0) is 5.41 Å². The summed E-state index contributed by atoms with van der Waals surface area (Å²) in [6.45, 7) is 3.29. The first-order valence-electron chi connectivity index (χ1n) is 7.83. The summed E-state index contributed by atoms with van der Waals surface area (Å²) in [5.74, 6) is 0. The molecule has 1 fully saturated rings. The van der Waals surface area contributed by atoms with Crippen molar-refractivity contribution in [3.05, 3.63) is 66.2 Å². The molecular formula is C19H24N2. The van der Waals surface area contributed by atoms with Crippen LogP contribution in [0.1, 0.15) is 18.4 Å². The summed E-state index contributed by atoms with van der Waals surface area (Å²) < 4.78 is 0. The van der Waals surface area contributed by atoms with E-state index in [0.29, 0.717) is 0 Å². The number of likely N-dealkylation sites (N-methyl/N-ethyl adjacent to an activating group) is 1. The van der Waals surface area contributed by atoms with Gasteiger partial charge in [-0.3, -0.25) is 0 Å². The molecule has 0 unspecified atom stereocenters. The minimum absolute atomic E-state index is 0.261. The van der Waals surface area contributed by atoms with E-state index in [2.05, 4.69) is 77.9 Å². The molecule has 1 aliphatic rings. The number of hydrogen-bond acceptors (Lipinski definition) is 2. The zero-order valence-corrected chi connectivity index (χ0v) is 12.8. The molecule has 0 bridgehead atoms. The Balaban J connectivity index is 1.86. The molecule has 0 amide bonds. The number of nitrogens with one attached hydrogen (secondary N) is 1. The Morgan fingerprint density at radius 1 is 0.905 bits per heavy atom. The lowest BCUT2D eigenvalue weighted by molar-refractivity contribution is 0.312. The fourth-order valence-corrected chi connectivity index (χ4v) is 3.46. The normalized spacial score (nSPS) is 17.4. The molecule has 2 aromatic rings. The molecule has 0 aliphatic carbocycles. The molecule has 0 atom stereocenters. The summed E-state index contributed by atoms with van der Waals surface area (Å²) in [6.07, 6.45) is 2.41. The van der Waals surface area contributed by atoms with E-state index in [4.69, 9.17) is 0 Å². The highest BCUT2D eigenvalue weighted by molar-refractivity contribution is 5.46. The topological polar surface area (TPSA) is 15.3 Å². The third kappa shape index (κ3) is 3.11. The van der Waals surface area contributed by atoms with E-state index in [0.717, 1.165) is 19.6 Å². The van der Waals surface area contributed by atoms with Crippen molar-refractivity contribution in [2.75, 3.05) is 31.6 Å². The molecule has 3 rings (SSSR count). The lowest BCUT2D eigenvalue weighted by Crippen LogP contribution is -2.47. The van der Waals surface area contributed by atoms with Gasteiger partial charge in [0.05, 0.1) is 0 Å². The van der Waals surface area contributed by atoms with E-state index < -0.39 is 0 Å². The zero-order chi connectivity index (χ0) is 14.5. The van der Waals surface area contributed by atoms with Gasteiger partial charge in [0.15, 0.2) is 0 Å². The summed E-state index contributed by atoms with van der Waals surface area (Å²) in [7, 11) is 2.21. The van der Waals surface area contributed by atoms with E-state index in [9.17, 15) is 0 Å². The molecule has 110 valence electrons. The predicted octanol–water partition coefficient (Wildman–Crippen LogP) is 3.44. The average Bonchev–Trinajstić information content (AvgIpc) is 2.57. The van der Waals surface area contributed by atoms with Gasteiger partial charge in [0, 0.05) is 24.7 Å². The number of para-hydroxylation sites is 1. The molecule has 1 N–H and O–H groups in total. The minimum Gasteiger partial charge on any atom is -0.374 e. The highest BCUT2D eigenvalue weighted by Crippen LogP contribution is 2.35. The number of hydrogen-bond donors (Lipinski definition) is 1. The van der Waals surface area contributed by atoms with Crippen molar-refractivity contribution in [2.45, 2.75) is 18.3 Å². The molecule has 0 aromatic heterocycles. The smallest absolute Gasteiger partial charge is 0.0363 e. The lowest BCUT2D eigenvalue weighted by Gasteiger charge is -2.41. The molecule has 2 aromatic carbocycles. The van der Waals surface area contributed by atoms with Crippen LogP contribution in [0.15, 0.2) is 60.7 Å². The van der Waals surface area contributed by atoms with Crippen LogP contribution in [-0.4, -0.2) is 26.7 Å². The molecule has 2 nitrogen and oxygen atoms in total. The van der Waals surface area contributed by atoms with Crippen LogP contribution in [0, 0.1) is 0 Å². The summed E-state index contributed by atoms with van der Waals surface area (Å²) in [6, 6.07) is 21.7. The van der Waals surface area contributed by atoms with Crippen LogP contribution >= 0.6 is 0 Å². The van der Waals surface area contributed by atoms with Crippen LogP contribution in [0.25, 0.3) is 0 Å². The fraction of sp³-hybridized carbons (Fsp3) is 0.368. The number of nitrogens with zero attached hydrogens (tertiary/aromatic N) is 1. The maximum absolute atomic E-state index is 3.50. The summed E-state index contributed by atoms with van der Waals surface area (Å²) in [5, 5.41) is 3.50. The van der Waals surface area contributed by atoms with Crippen molar-refractivity contribution >= 4 is 5.69 Å². The van der Waals surface area contributed by atoms with Crippen molar-refractivity contribution in [3.63, 3.8) is 0 Å². The zero-order valence-electron chi connectivity index (χ0n) is 12.8. The Morgan fingerprint density at radius 3 is 2.10 bits per heavy atom. The van der Waals surface area contributed by atoms with E-state index in [1.807, 2.05) is 0 Å². The van der Waals surface area contributed by atoms with Gasteiger partial charge in [0.25, 0.3) is 0 Å². The van der Waals surface area contributed by atoms with Gasteiger partial charge in [-0.05, 0) is 43.6 Å². The first-order valence-corrected chi connectivity index (χ1v) is 7.83. The highest BCUT2D eigenvalue weighted by Gasteiger charge is 2.34. The van der Waals surface area contributed by atoms with Gasteiger partial charge >= 0.3 is 0 Å². The van der Waals surface area contributed by atoms with Crippen molar-refractivity contribution in [3.8, 4) is 0 Å². The summed E-state index contributed by atoms with van der Waals surface area (Å²) in [4.78, 5) is 2.40. The molecule has 0 radical (unpaired) electrons. The Morgan fingerprint density at radius 2 is 1.48 bits per heavy atom. The Hall–Kier alpha value is -1.80. The fourth-order valence-electron chi connectivity index (χ4n) is 3.46. The highest BCUT2D eigenvalue weighted by atomic mass is 15.1. The van der Waals surface area contributed by atoms with Crippen LogP contribution in [0.4, 0.5) is 5.69 Å². The van der Waals surface area contributed by atoms with Gasteiger partial charge in [-0.25, -0.2) is 0 Å². The molecule has 2 heteroatoms. The first kappa shape index (κ1) is 14.2. The van der Waals surface area contributed by atoms with Gasteiger partial charge in [-0.15, -0.1) is 0 Å². The summed E-state index contributed by atoms with van der Waals surface area (Å²) >= 11 is 0. The standard InChI is InChI=1S/C19H24N2/c1-21(18-10-6-3-7-11-18)16-19(12-14-20-15-13-19)17-8-4-2-5-9-17/h2-11,20H,12-16H2,1H3. The molecule has 1 heterocycles. The van der Waals surface area contributed by atoms with Crippen molar-refractivity contribution in [1.29, 1.82) is 0 Å². The second-order valence-electron chi connectivity index (χ2n) is 6.09. The Kier molecular flexibility index (Phi) is 4.26. The second kappa shape index (κ2) is 6.31. The average molecular weight is 280 g/mol. The van der Waals surface area contributed by atoms with Crippen LogP contribution < -0.4 is 10.2 Å². The van der Waals surface area contributed by atoms with Gasteiger partial charge in [0.1, 0.15) is 0 Å². The number of piperidine rings is 1. The van der Waals surface area contributed by atoms with Crippen LogP contribution in [0.3, 0.4) is 0 Å². The maximum Gasteiger partial charge on any atom is 0.0363 e. The van der Waals surface area contributed by atoms with Crippen molar-refractivity contribution in [2.24, 2.45) is 0 Å². The van der Waals surface area contributed by atoms with Crippen molar-refractivity contribution in [1.82, 2.24) is 5.32 Å². The second-order valence-corrected chi connectivity index (χ2v) is 6.09. The first-order chi connectivity index (χ1) is 10.3. The molecule has 1 aliphatic heterocycles. The molecule has 21 heavy (non-hydrogen) atoms. The Labute approximate surface area is 127 Å². The van der Waals surface area contributed by atoms with E-state index in [1.54, 1.807) is 0 Å². The third-order valence-corrected chi connectivity index (χ3v) is 4.68. The maximum atomic E-state index is 3.50. The third-order valence-electron chi connectivity index (χ3n) is 4.68. The number of benzene rings is 2. The van der Waals surface area contributed by atoms with Gasteiger partial charge in [0.2, 0.25) is 0 Å². The largest absolute Gasteiger partial charge is 0.374 e. The minimum atomic E-state index is 0.261. The quantitative estimate of drug-likeness (QED) is 0.923. The van der Waals surface area contributed by atoms with Gasteiger partial charge in [-0.2, -0.15) is 0 Å². The molecule has 1 saturated heterocycles. The van der Waals surface area contributed by atoms with E-state index in [-0.39, 0.29) is 5.41 Å².